The molecule has 0 atom stereocenters. The van der Waals surface area contributed by atoms with Gasteiger partial charge in [0.05, 0.1) is 22.6 Å². The van der Waals surface area contributed by atoms with E-state index in [1.165, 1.54) is 0 Å². The normalized spacial score (nSPS) is 11.7. The fraction of sp³-hybridized carbons (Fsp3) is 0.571. The predicted molar refractivity (Wildman–Crippen MR) is 87.9 cm³/mol. The van der Waals surface area contributed by atoms with E-state index in [1.807, 2.05) is 19.2 Å². The van der Waals surface area contributed by atoms with Crippen LogP contribution in [0.15, 0.2) is 16.6 Å². The van der Waals surface area contributed by atoms with Crippen LogP contribution in [0.4, 0.5) is 0 Å². The molecule has 0 saturated carbocycles. The number of hydrogen-bond acceptors (Lipinski definition) is 5. The number of nitrogens with one attached hydrogen (secondary N) is 1. The number of hydrogen-bond donors (Lipinski definition) is 1. The lowest BCUT2D eigenvalue weighted by atomic mass is 10.2. The Morgan fingerprint density at radius 2 is 2.00 bits per heavy atom. The van der Waals surface area contributed by atoms with E-state index in [0.29, 0.717) is 18.0 Å². The Balaban J connectivity index is 2.84. The first-order valence-corrected chi connectivity index (χ1v) is 9.18. The highest BCUT2D eigenvalue weighted by atomic mass is 79.9. The van der Waals surface area contributed by atoms with Crippen LogP contribution < -0.4 is 14.8 Å². The van der Waals surface area contributed by atoms with Crippen LogP contribution in [0, 0.1) is 0 Å². The van der Waals surface area contributed by atoms with Gasteiger partial charge in [-0.05, 0) is 54.5 Å². The molecule has 1 N–H and O–H groups in total. The maximum Gasteiger partial charge on any atom is 0.175 e. The molecule has 1 aromatic carbocycles. The summed E-state index contributed by atoms with van der Waals surface area (Å²) in [7, 11) is 0.312. The number of benzene rings is 1. The molecule has 0 spiro atoms. The topological polar surface area (TPSA) is 64.6 Å². The average molecular weight is 380 g/mol. The van der Waals surface area contributed by atoms with Crippen LogP contribution in [0.25, 0.3) is 0 Å². The summed E-state index contributed by atoms with van der Waals surface area (Å²) >= 11 is 3.44. The van der Waals surface area contributed by atoms with Gasteiger partial charge in [-0.3, -0.25) is 0 Å². The van der Waals surface area contributed by atoms with Gasteiger partial charge in [-0.25, -0.2) is 8.42 Å². The number of ether oxygens (including phenoxy) is 2. The van der Waals surface area contributed by atoms with E-state index < -0.39 is 15.1 Å². The van der Waals surface area contributed by atoms with Crippen molar-refractivity contribution in [3.8, 4) is 11.5 Å². The molecule has 5 nitrogen and oxygen atoms in total. The third kappa shape index (κ3) is 5.16. The summed E-state index contributed by atoms with van der Waals surface area (Å²) in [6.45, 7) is 4.13. The SMILES string of the molecule is CNCc1cc(Br)c(OCCS(=O)(=O)C(C)C)c(OC)c1. The lowest BCUT2D eigenvalue weighted by Gasteiger charge is -2.15. The minimum Gasteiger partial charge on any atom is -0.493 e. The third-order valence-corrected chi connectivity index (χ3v) is 5.76. The minimum absolute atomic E-state index is 0.0153. The summed E-state index contributed by atoms with van der Waals surface area (Å²) in [6.07, 6.45) is 0. The molecule has 1 aromatic rings. The fourth-order valence-corrected chi connectivity index (χ4v) is 3.11. The molecule has 0 amide bonds. The predicted octanol–water partition coefficient (Wildman–Crippen LogP) is 2.38. The van der Waals surface area contributed by atoms with Crippen LogP contribution in [0.5, 0.6) is 11.5 Å². The molecule has 0 fully saturated rings. The number of rotatable bonds is 8. The highest BCUT2D eigenvalue weighted by Gasteiger charge is 2.17. The van der Waals surface area contributed by atoms with Crippen molar-refractivity contribution in [1.29, 1.82) is 0 Å². The molecule has 0 radical (unpaired) electrons. The van der Waals surface area contributed by atoms with E-state index >= 15 is 0 Å². The first-order valence-electron chi connectivity index (χ1n) is 6.67. The second-order valence-electron chi connectivity index (χ2n) is 4.90. The molecule has 0 aliphatic carbocycles. The lowest BCUT2D eigenvalue weighted by molar-refractivity contribution is 0.309. The standard InChI is InChI=1S/C14H22BrNO4S/c1-10(2)21(17,18)6-5-20-14-12(15)7-11(9-16-3)8-13(14)19-4/h7-8,10,16H,5-6,9H2,1-4H3. The van der Waals surface area contributed by atoms with Crippen LogP contribution in [0.3, 0.4) is 0 Å². The molecule has 21 heavy (non-hydrogen) atoms. The Morgan fingerprint density at radius 1 is 1.33 bits per heavy atom. The fourth-order valence-electron chi connectivity index (χ4n) is 1.72. The molecule has 0 aromatic heterocycles. The molecule has 0 aliphatic rings. The van der Waals surface area contributed by atoms with Gasteiger partial charge >= 0.3 is 0 Å². The number of sulfone groups is 1. The Morgan fingerprint density at radius 3 is 2.52 bits per heavy atom. The van der Waals surface area contributed by atoms with Crippen molar-refractivity contribution >= 4 is 25.8 Å². The molecular formula is C14H22BrNO4S. The first-order chi connectivity index (χ1) is 9.81. The van der Waals surface area contributed by atoms with Gasteiger partial charge in [-0.1, -0.05) is 0 Å². The highest BCUT2D eigenvalue weighted by molar-refractivity contribution is 9.10. The van der Waals surface area contributed by atoms with Crippen LogP contribution in [0.1, 0.15) is 19.4 Å². The van der Waals surface area contributed by atoms with Crippen LogP contribution in [0.2, 0.25) is 0 Å². The lowest BCUT2D eigenvalue weighted by Crippen LogP contribution is -2.22. The van der Waals surface area contributed by atoms with Gasteiger partial charge in [0.2, 0.25) is 0 Å². The molecule has 0 aliphatic heterocycles. The Hall–Kier alpha value is -0.790. The zero-order valence-corrected chi connectivity index (χ0v) is 15.2. The van der Waals surface area contributed by atoms with E-state index in [-0.39, 0.29) is 12.4 Å². The van der Waals surface area contributed by atoms with Crippen LogP contribution >= 0.6 is 15.9 Å². The average Bonchev–Trinajstić information content (AvgIpc) is 2.40. The largest absolute Gasteiger partial charge is 0.493 e. The molecule has 0 unspecified atom stereocenters. The first kappa shape index (κ1) is 18.3. The van der Waals surface area contributed by atoms with Crippen LogP contribution in [-0.4, -0.2) is 40.2 Å². The summed E-state index contributed by atoms with van der Waals surface area (Å²) in [5.41, 5.74) is 1.04. The maximum absolute atomic E-state index is 11.8. The number of halogens is 1. The molecular weight excluding hydrogens is 358 g/mol. The van der Waals surface area contributed by atoms with Crippen molar-refractivity contribution in [1.82, 2.24) is 5.32 Å². The zero-order valence-electron chi connectivity index (χ0n) is 12.8. The van der Waals surface area contributed by atoms with Gasteiger partial charge in [0.1, 0.15) is 6.61 Å². The van der Waals surface area contributed by atoms with Crippen molar-refractivity contribution < 1.29 is 17.9 Å². The van der Waals surface area contributed by atoms with Gasteiger partial charge in [0, 0.05) is 6.54 Å². The van der Waals surface area contributed by atoms with E-state index in [0.717, 1.165) is 10.0 Å². The van der Waals surface area contributed by atoms with Gasteiger partial charge in [-0.2, -0.15) is 0 Å². The van der Waals surface area contributed by atoms with E-state index in [9.17, 15) is 8.42 Å². The van der Waals surface area contributed by atoms with Crippen LogP contribution in [-0.2, 0) is 16.4 Å². The molecule has 1 rings (SSSR count). The molecule has 0 bridgehead atoms. The van der Waals surface area contributed by atoms with Gasteiger partial charge in [0.25, 0.3) is 0 Å². The van der Waals surface area contributed by atoms with Gasteiger partial charge in [0.15, 0.2) is 21.3 Å². The van der Waals surface area contributed by atoms with Gasteiger partial charge in [-0.15, -0.1) is 0 Å². The van der Waals surface area contributed by atoms with Crippen molar-refractivity contribution in [3.63, 3.8) is 0 Å². The smallest absolute Gasteiger partial charge is 0.175 e. The van der Waals surface area contributed by atoms with E-state index in [2.05, 4.69) is 21.2 Å². The maximum atomic E-state index is 11.8. The second kappa shape index (κ2) is 8.00. The van der Waals surface area contributed by atoms with E-state index in [1.54, 1.807) is 21.0 Å². The number of methoxy groups -OCH3 is 1. The summed E-state index contributed by atoms with van der Waals surface area (Å²) in [4.78, 5) is 0. The Labute approximate surface area is 135 Å². The quantitative estimate of drug-likeness (QED) is 0.750. The van der Waals surface area contributed by atoms with Crippen molar-refractivity contribution in [2.45, 2.75) is 25.6 Å². The summed E-state index contributed by atoms with van der Waals surface area (Å²) < 4.78 is 35.2. The van der Waals surface area contributed by atoms with Crippen molar-refractivity contribution in [2.24, 2.45) is 0 Å². The highest BCUT2D eigenvalue weighted by Crippen LogP contribution is 2.36. The minimum atomic E-state index is -3.11. The summed E-state index contributed by atoms with van der Waals surface area (Å²) in [6, 6.07) is 3.79. The van der Waals surface area contributed by atoms with E-state index in [4.69, 9.17) is 9.47 Å². The Bertz CT molecular complexity index is 573. The molecule has 7 heteroatoms. The molecule has 0 saturated heterocycles. The van der Waals surface area contributed by atoms with Gasteiger partial charge < -0.3 is 14.8 Å². The summed E-state index contributed by atoms with van der Waals surface area (Å²) in [5, 5.41) is 2.66. The Kier molecular flexibility index (Phi) is 6.96. The monoisotopic (exact) mass is 379 g/mol. The summed E-state index contributed by atoms with van der Waals surface area (Å²) in [5.74, 6) is 1.09. The third-order valence-electron chi connectivity index (χ3n) is 3.00. The molecule has 120 valence electrons. The zero-order chi connectivity index (χ0) is 16.0. The van der Waals surface area contributed by atoms with Crippen molar-refractivity contribution in [3.05, 3.63) is 22.2 Å². The van der Waals surface area contributed by atoms with Crippen molar-refractivity contribution in [2.75, 3.05) is 26.5 Å². The second-order valence-corrected chi connectivity index (χ2v) is 8.43. The molecule has 0 heterocycles.